The molecule has 1 rings (SSSR count). The highest BCUT2D eigenvalue weighted by Crippen LogP contribution is 2.18. The smallest absolute Gasteiger partial charge is 0.144 e. The van der Waals surface area contributed by atoms with Crippen molar-refractivity contribution < 1.29 is 4.39 Å². The Morgan fingerprint density at radius 1 is 1.80 bits per heavy atom. The molecule has 0 spiro atoms. The van der Waals surface area contributed by atoms with E-state index in [1.807, 2.05) is 0 Å². The average Bonchev–Trinajstić information content (AvgIpc) is 2.38. The van der Waals surface area contributed by atoms with Crippen LogP contribution in [0.25, 0.3) is 0 Å². The first-order valence-electron chi connectivity index (χ1n) is 3.09. The lowest BCUT2D eigenvalue weighted by Crippen LogP contribution is -2.03. The second kappa shape index (κ2) is 3.63. The Kier molecular flexibility index (Phi) is 2.77. The van der Waals surface area contributed by atoms with E-state index in [-0.39, 0.29) is 0 Å². The summed E-state index contributed by atoms with van der Waals surface area (Å²) in [5.41, 5.74) is 5.68. The van der Waals surface area contributed by atoms with Crippen molar-refractivity contribution in [3.63, 3.8) is 0 Å². The molecular formula is C6H9FN2S. The molecule has 0 aliphatic rings. The Labute approximate surface area is 63.0 Å². The lowest BCUT2D eigenvalue weighted by atomic mass is 10.2. The monoisotopic (exact) mass is 160 g/mol. The third kappa shape index (κ3) is 1.75. The maximum Gasteiger partial charge on any atom is 0.144 e. The van der Waals surface area contributed by atoms with Gasteiger partial charge in [0.05, 0.1) is 5.69 Å². The lowest BCUT2D eigenvalue weighted by molar-refractivity contribution is 0.322. The number of hydrogen-bond acceptors (Lipinski definition) is 3. The van der Waals surface area contributed by atoms with Gasteiger partial charge in [-0.25, -0.2) is 4.39 Å². The Balaban J connectivity index is 2.50. The van der Waals surface area contributed by atoms with Crippen molar-refractivity contribution in [1.82, 2.24) is 4.37 Å². The topological polar surface area (TPSA) is 38.9 Å². The van der Waals surface area contributed by atoms with Gasteiger partial charge in [0.25, 0.3) is 0 Å². The highest BCUT2D eigenvalue weighted by molar-refractivity contribution is 7.03. The van der Waals surface area contributed by atoms with Gasteiger partial charge < -0.3 is 5.73 Å². The van der Waals surface area contributed by atoms with Crippen LogP contribution in [0, 0.1) is 0 Å². The summed E-state index contributed by atoms with van der Waals surface area (Å²) < 4.78 is 16.7. The molecule has 0 fully saturated rings. The molecule has 1 unspecified atom stereocenters. The Morgan fingerprint density at radius 2 is 2.60 bits per heavy atom. The van der Waals surface area contributed by atoms with Gasteiger partial charge in [0.1, 0.15) is 6.17 Å². The highest BCUT2D eigenvalue weighted by atomic mass is 32.1. The van der Waals surface area contributed by atoms with E-state index in [4.69, 9.17) is 5.73 Å². The fourth-order valence-electron chi connectivity index (χ4n) is 0.678. The summed E-state index contributed by atoms with van der Waals surface area (Å²) in [7, 11) is 0. The molecule has 2 N–H and O–H groups in total. The minimum atomic E-state index is -0.976. The standard InChI is InChI=1S/C6H9FN2S/c7-5(1-3-8)6-2-4-10-9-6/h2,4-5H,1,3,8H2. The third-order valence-electron chi connectivity index (χ3n) is 1.20. The second-order valence-corrected chi connectivity index (χ2v) is 2.63. The van der Waals surface area contributed by atoms with Crippen LogP contribution >= 0.6 is 11.5 Å². The van der Waals surface area contributed by atoms with Gasteiger partial charge in [0.15, 0.2) is 0 Å². The number of hydrogen-bond donors (Lipinski definition) is 1. The zero-order valence-electron chi connectivity index (χ0n) is 5.46. The summed E-state index contributed by atoms with van der Waals surface area (Å²) in [5.74, 6) is 0. The molecule has 0 radical (unpaired) electrons. The van der Waals surface area contributed by atoms with Crippen molar-refractivity contribution in [2.45, 2.75) is 12.6 Å². The largest absolute Gasteiger partial charge is 0.330 e. The van der Waals surface area contributed by atoms with Gasteiger partial charge >= 0.3 is 0 Å². The third-order valence-corrected chi connectivity index (χ3v) is 1.77. The van der Waals surface area contributed by atoms with E-state index in [2.05, 4.69) is 4.37 Å². The SMILES string of the molecule is NCCC(F)c1ccsn1. The summed E-state index contributed by atoms with van der Waals surface area (Å²) in [4.78, 5) is 0. The van der Waals surface area contributed by atoms with Gasteiger partial charge in [-0.1, -0.05) is 0 Å². The summed E-state index contributed by atoms with van der Waals surface area (Å²) in [6.07, 6.45) is -0.611. The molecule has 0 aliphatic carbocycles. The van der Waals surface area contributed by atoms with Crippen LogP contribution in [0.4, 0.5) is 4.39 Å². The van der Waals surface area contributed by atoms with Crippen LogP contribution in [-0.4, -0.2) is 10.9 Å². The first-order valence-corrected chi connectivity index (χ1v) is 3.92. The quantitative estimate of drug-likeness (QED) is 0.727. The lowest BCUT2D eigenvalue weighted by Gasteiger charge is -2.00. The molecule has 0 aromatic carbocycles. The Bertz CT molecular complexity index is 176. The number of nitrogens with zero attached hydrogens (tertiary/aromatic N) is 1. The van der Waals surface area contributed by atoms with E-state index >= 15 is 0 Å². The summed E-state index contributed by atoms with van der Waals surface area (Å²) in [6, 6.07) is 1.69. The van der Waals surface area contributed by atoms with Crippen LogP contribution in [-0.2, 0) is 0 Å². The normalized spacial score (nSPS) is 13.4. The molecule has 1 heterocycles. The van der Waals surface area contributed by atoms with Crippen LogP contribution in [0.5, 0.6) is 0 Å². The Morgan fingerprint density at radius 3 is 3.10 bits per heavy atom. The molecule has 1 aromatic rings. The second-order valence-electron chi connectivity index (χ2n) is 1.97. The maximum atomic E-state index is 12.8. The molecule has 0 aliphatic heterocycles. The summed E-state index contributed by atoms with van der Waals surface area (Å²) in [6.45, 7) is 0.374. The van der Waals surface area contributed by atoms with Gasteiger partial charge in [-0.2, -0.15) is 4.37 Å². The van der Waals surface area contributed by atoms with E-state index in [0.717, 1.165) is 0 Å². The van der Waals surface area contributed by atoms with E-state index in [1.54, 1.807) is 11.4 Å². The minimum absolute atomic E-state index is 0.365. The van der Waals surface area contributed by atoms with E-state index in [0.29, 0.717) is 18.7 Å². The molecule has 2 nitrogen and oxygen atoms in total. The number of rotatable bonds is 3. The molecule has 0 amide bonds. The van der Waals surface area contributed by atoms with Crippen LogP contribution in [0.15, 0.2) is 11.4 Å². The first-order chi connectivity index (χ1) is 4.84. The van der Waals surface area contributed by atoms with Crippen molar-refractivity contribution in [3.8, 4) is 0 Å². The number of alkyl halides is 1. The van der Waals surface area contributed by atoms with E-state index in [9.17, 15) is 4.39 Å². The zero-order valence-corrected chi connectivity index (χ0v) is 6.27. The van der Waals surface area contributed by atoms with Crippen molar-refractivity contribution in [1.29, 1.82) is 0 Å². The van der Waals surface area contributed by atoms with Crippen LogP contribution < -0.4 is 5.73 Å². The van der Waals surface area contributed by atoms with E-state index in [1.165, 1.54) is 11.5 Å². The summed E-state index contributed by atoms with van der Waals surface area (Å²) in [5, 5.41) is 1.76. The summed E-state index contributed by atoms with van der Waals surface area (Å²) >= 11 is 1.26. The van der Waals surface area contributed by atoms with Gasteiger partial charge in [0.2, 0.25) is 0 Å². The number of halogens is 1. The molecule has 0 saturated heterocycles. The Hall–Kier alpha value is -0.480. The van der Waals surface area contributed by atoms with Gasteiger partial charge in [-0.3, -0.25) is 0 Å². The van der Waals surface area contributed by atoms with Crippen LogP contribution in [0.2, 0.25) is 0 Å². The molecule has 4 heteroatoms. The molecule has 0 saturated carbocycles. The average molecular weight is 160 g/mol. The van der Waals surface area contributed by atoms with Crippen molar-refractivity contribution in [2.24, 2.45) is 5.73 Å². The van der Waals surface area contributed by atoms with Crippen molar-refractivity contribution in [3.05, 3.63) is 17.1 Å². The first kappa shape index (κ1) is 7.63. The highest BCUT2D eigenvalue weighted by Gasteiger charge is 2.09. The number of nitrogens with two attached hydrogens (primary N) is 1. The van der Waals surface area contributed by atoms with Gasteiger partial charge in [-0.05, 0) is 30.6 Å². The molecule has 0 bridgehead atoms. The molecular weight excluding hydrogens is 151 g/mol. The van der Waals surface area contributed by atoms with Crippen molar-refractivity contribution in [2.75, 3.05) is 6.54 Å². The predicted molar refractivity (Wildman–Crippen MR) is 39.6 cm³/mol. The fourth-order valence-corrected chi connectivity index (χ4v) is 1.24. The van der Waals surface area contributed by atoms with Gasteiger partial charge in [-0.15, -0.1) is 0 Å². The van der Waals surface area contributed by atoms with Gasteiger partial charge in [0, 0.05) is 5.38 Å². The van der Waals surface area contributed by atoms with Crippen molar-refractivity contribution >= 4 is 11.5 Å². The van der Waals surface area contributed by atoms with E-state index < -0.39 is 6.17 Å². The number of aromatic nitrogens is 1. The molecule has 1 atom stereocenters. The zero-order chi connectivity index (χ0) is 7.40. The maximum absolute atomic E-state index is 12.8. The fraction of sp³-hybridized carbons (Fsp3) is 0.500. The molecule has 10 heavy (non-hydrogen) atoms. The minimum Gasteiger partial charge on any atom is -0.330 e. The van der Waals surface area contributed by atoms with Crippen LogP contribution in [0.3, 0.4) is 0 Å². The van der Waals surface area contributed by atoms with Crippen LogP contribution in [0.1, 0.15) is 18.3 Å². The molecule has 56 valence electrons. The molecule has 1 aromatic heterocycles. The predicted octanol–water partition coefficient (Wildman–Crippen LogP) is 1.50.